The van der Waals surface area contributed by atoms with Gasteiger partial charge in [0.1, 0.15) is 0 Å². The first-order valence-corrected chi connectivity index (χ1v) is 5.14. The average molecular weight is 168 g/mol. The molecule has 1 aliphatic rings. The summed E-state index contributed by atoms with van der Waals surface area (Å²) in [7, 11) is -0.840. The topological polar surface area (TPSA) is 17.1 Å². The molecule has 0 aromatic rings. The van der Waals surface area contributed by atoms with Gasteiger partial charge in [0.15, 0.2) is 0 Å². The monoisotopic (exact) mass is 168 g/mol. The Morgan fingerprint density at radius 1 is 1.45 bits per heavy atom. The lowest BCUT2D eigenvalue weighted by atomic mass is 10.2. The summed E-state index contributed by atoms with van der Waals surface area (Å²) in [6.45, 7) is 2.02. The third-order valence-electron chi connectivity index (χ3n) is 1.65. The van der Waals surface area contributed by atoms with Crippen LogP contribution in [-0.4, -0.2) is 10.5 Å². The van der Waals surface area contributed by atoms with Crippen molar-refractivity contribution in [1.82, 2.24) is 0 Å². The zero-order valence-electron chi connectivity index (χ0n) is 6.83. The first kappa shape index (κ1) is 8.47. The van der Waals surface area contributed by atoms with E-state index < -0.39 is 10.8 Å². The summed E-state index contributed by atoms with van der Waals surface area (Å²) in [5.41, 5.74) is 1.20. The quantitative estimate of drug-likeness (QED) is 0.586. The fourth-order valence-electron chi connectivity index (χ4n) is 1.05. The van der Waals surface area contributed by atoms with Gasteiger partial charge in [-0.25, -0.2) is 0 Å². The Bertz CT molecular complexity index is 259. The zero-order valence-corrected chi connectivity index (χ0v) is 7.65. The van der Waals surface area contributed by atoms with Gasteiger partial charge >= 0.3 is 0 Å². The summed E-state index contributed by atoms with van der Waals surface area (Å²) >= 11 is 0. The standard InChI is InChI=1S/C9H12OS/c1-8-6-4-3-5-7-9(8)11(2)10/h3-5,7H,6H2,1-2H3. The van der Waals surface area contributed by atoms with Crippen LogP contribution in [-0.2, 0) is 10.8 Å². The Balaban J connectivity index is 2.98. The van der Waals surface area contributed by atoms with Crippen LogP contribution in [0, 0.1) is 0 Å². The maximum absolute atomic E-state index is 11.1. The van der Waals surface area contributed by atoms with Crippen LogP contribution in [0.4, 0.5) is 0 Å². The molecule has 1 unspecified atom stereocenters. The van der Waals surface area contributed by atoms with Crippen LogP contribution >= 0.6 is 0 Å². The molecule has 0 aromatic heterocycles. The Labute approximate surface area is 70.0 Å². The van der Waals surface area contributed by atoms with Crippen molar-refractivity contribution < 1.29 is 4.21 Å². The Hall–Kier alpha value is -0.630. The first-order chi connectivity index (χ1) is 5.22. The molecule has 2 heteroatoms. The molecule has 60 valence electrons. The van der Waals surface area contributed by atoms with E-state index in [-0.39, 0.29) is 0 Å². The maximum atomic E-state index is 11.1. The predicted octanol–water partition coefficient (Wildman–Crippen LogP) is 2.16. The normalized spacial score (nSPS) is 20.2. The van der Waals surface area contributed by atoms with Crippen LogP contribution in [0.3, 0.4) is 0 Å². The van der Waals surface area contributed by atoms with Gasteiger partial charge in [-0.3, -0.25) is 4.21 Å². The summed E-state index contributed by atoms with van der Waals surface area (Å²) in [5.74, 6) is 0. The van der Waals surface area contributed by atoms with Crippen molar-refractivity contribution in [3.05, 3.63) is 34.8 Å². The number of allylic oxidation sites excluding steroid dienone is 5. The molecule has 1 atom stereocenters. The molecule has 1 nitrogen and oxygen atoms in total. The first-order valence-electron chi connectivity index (χ1n) is 3.58. The summed E-state index contributed by atoms with van der Waals surface area (Å²) in [4.78, 5) is 0.968. The molecular formula is C9H12OS. The van der Waals surface area contributed by atoms with E-state index in [9.17, 15) is 4.21 Å². The smallest absolute Gasteiger partial charge is 0.0497 e. The lowest BCUT2D eigenvalue weighted by Gasteiger charge is -2.00. The number of hydrogen-bond donors (Lipinski definition) is 0. The Morgan fingerprint density at radius 2 is 2.18 bits per heavy atom. The highest BCUT2D eigenvalue weighted by Crippen LogP contribution is 2.15. The van der Waals surface area contributed by atoms with Gasteiger partial charge < -0.3 is 0 Å². The minimum absolute atomic E-state index is 0.840. The van der Waals surface area contributed by atoms with Crippen molar-refractivity contribution in [3.63, 3.8) is 0 Å². The highest BCUT2D eigenvalue weighted by Gasteiger charge is 2.02. The molecule has 1 rings (SSSR count). The third-order valence-corrected chi connectivity index (χ3v) is 2.75. The highest BCUT2D eigenvalue weighted by atomic mass is 32.2. The lowest BCUT2D eigenvalue weighted by molar-refractivity contribution is 0.690. The molecule has 0 N–H and O–H groups in total. The van der Waals surface area contributed by atoms with Crippen LogP contribution in [0.15, 0.2) is 34.8 Å². The highest BCUT2D eigenvalue weighted by molar-refractivity contribution is 7.88. The van der Waals surface area contributed by atoms with Crippen LogP contribution in [0.1, 0.15) is 13.3 Å². The van der Waals surface area contributed by atoms with Crippen LogP contribution < -0.4 is 0 Å². The zero-order chi connectivity index (χ0) is 8.27. The molecule has 0 saturated carbocycles. The van der Waals surface area contributed by atoms with Crippen molar-refractivity contribution >= 4 is 10.8 Å². The molecule has 0 saturated heterocycles. The van der Waals surface area contributed by atoms with Crippen LogP contribution in [0.25, 0.3) is 0 Å². The van der Waals surface area contributed by atoms with Crippen molar-refractivity contribution in [2.75, 3.05) is 6.26 Å². The average Bonchev–Trinajstić information content (AvgIpc) is 2.13. The second-order valence-corrected chi connectivity index (χ2v) is 3.94. The molecule has 11 heavy (non-hydrogen) atoms. The predicted molar refractivity (Wildman–Crippen MR) is 49.7 cm³/mol. The van der Waals surface area contributed by atoms with Crippen LogP contribution in [0.2, 0.25) is 0 Å². The summed E-state index contributed by atoms with van der Waals surface area (Å²) in [6, 6.07) is 0. The lowest BCUT2D eigenvalue weighted by Crippen LogP contribution is -1.91. The van der Waals surface area contributed by atoms with E-state index in [1.807, 2.05) is 25.2 Å². The van der Waals surface area contributed by atoms with E-state index in [1.165, 1.54) is 5.57 Å². The minimum Gasteiger partial charge on any atom is -0.255 e. The fraction of sp³-hybridized carbons (Fsp3) is 0.333. The van der Waals surface area contributed by atoms with Gasteiger partial charge in [0.2, 0.25) is 0 Å². The van der Waals surface area contributed by atoms with Gasteiger partial charge in [-0.1, -0.05) is 23.8 Å². The molecule has 0 amide bonds. The summed E-state index contributed by atoms with van der Waals surface area (Å²) < 4.78 is 11.1. The Morgan fingerprint density at radius 3 is 2.82 bits per heavy atom. The van der Waals surface area contributed by atoms with E-state index in [2.05, 4.69) is 6.08 Å². The van der Waals surface area contributed by atoms with E-state index in [1.54, 1.807) is 6.26 Å². The molecule has 0 aromatic carbocycles. The van der Waals surface area contributed by atoms with E-state index in [4.69, 9.17) is 0 Å². The second-order valence-electron chi connectivity index (χ2n) is 2.59. The SMILES string of the molecule is CC1=C(S(C)=O)C=CC=CC1. The summed E-state index contributed by atoms with van der Waals surface area (Å²) in [5, 5.41) is 0. The molecule has 1 aliphatic carbocycles. The molecule has 0 aliphatic heterocycles. The van der Waals surface area contributed by atoms with E-state index >= 15 is 0 Å². The van der Waals surface area contributed by atoms with Gasteiger partial charge in [-0.15, -0.1) is 0 Å². The van der Waals surface area contributed by atoms with Gasteiger partial charge in [0, 0.05) is 22.0 Å². The maximum Gasteiger partial charge on any atom is 0.0497 e. The van der Waals surface area contributed by atoms with Gasteiger partial charge in [-0.05, 0) is 19.4 Å². The van der Waals surface area contributed by atoms with Crippen molar-refractivity contribution in [3.8, 4) is 0 Å². The molecular weight excluding hydrogens is 156 g/mol. The molecule has 0 spiro atoms. The largest absolute Gasteiger partial charge is 0.255 e. The van der Waals surface area contributed by atoms with Crippen LogP contribution in [0.5, 0.6) is 0 Å². The molecule has 0 radical (unpaired) electrons. The fourth-order valence-corrected chi connectivity index (χ4v) is 1.89. The Kier molecular flexibility index (Phi) is 2.83. The van der Waals surface area contributed by atoms with Gasteiger partial charge in [0.05, 0.1) is 0 Å². The second kappa shape index (κ2) is 3.67. The minimum atomic E-state index is -0.840. The van der Waals surface area contributed by atoms with E-state index in [0.29, 0.717) is 0 Å². The van der Waals surface area contributed by atoms with Crippen molar-refractivity contribution in [1.29, 1.82) is 0 Å². The van der Waals surface area contributed by atoms with Gasteiger partial charge in [0.25, 0.3) is 0 Å². The number of rotatable bonds is 1. The van der Waals surface area contributed by atoms with Crippen molar-refractivity contribution in [2.24, 2.45) is 0 Å². The van der Waals surface area contributed by atoms with E-state index in [0.717, 1.165) is 11.3 Å². The molecule has 0 heterocycles. The molecule has 0 bridgehead atoms. The summed E-state index contributed by atoms with van der Waals surface area (Å²) in [6.07, 6.45) is 10.6. The number of hydrogen-bond acceptors (Lipinski definition) is 1. The van der Waals surface area contributed by atoms with Gasteiger partial charge in [-0.2, -0.15) is 0 Å². The van der Waals surface area contributed by atoms with Crippen molar-refractivity contribution in [2.45, 2.75) is 13.3 Å². The third kappa shape index (κ3) is 2.15. The molecule has 0 fully saturated rings.